The normalized spacial score (nSPS) is 11.9. The van der Waals surface area contributed by atoms with Gasteiger partial charge in [-0.2, -0.15) is 0 Å². The van der Waals surface area contributed by atoms with E-state index in [2.05, 4.69) is 15.5 Å². The molecule has 1 amide bonds. The Kier molecular flexibility index (Phi) is 5.53. The maximum atomic E-state index is 12.7. The third-order valence-corrected chi connectivity index (χ3v) is 5.50. The average Bonchev–Trinajstić information content (AvgIpc) is 3.20. The number of amides is 1. The third-order valence-electron chi connectivity index (χ3n) is 4.62. The Morgan fingerprint density at radius 1 is 1.03 bits per heavy atom. The van der Waals surface area contributed by atoms with Crippen molar-refractivity contribution in [1.29, 1.82) is 0 Å². The minimum absolute atomic E-state index is 0.229. The maximum Gasteiger partial charge on any atom is 0.267 e. The van der Waals surface area contributed by atoms with Gasteiger partial charge in [-0.1, -0.05) is 78.4 Å². The molecule has 0 saturated carbocycles. The highest BCUT2D eigenvalue weighted by Crippen LogP contribution is 2.27. The lowest BCUT2D eigenvalue weighted by molar-refractivity contribution is -0.122. The van der Waals surface area contributed by atoms with Crippen molar-refractivity contribution in [2.45, 2.75) is 26.4 Å². The number of carbonyl (C=O) groups excluding carboxylic acids is 1. The van der Waals surface area contributed by atoms with Crippen molar-refractivity contribution >= 4 is 33.1 Å². The highest BCUT2D eigenvalue weighted by Gasteiger charge is 2.20. The van der Waals surface area contributed by atoms with Crippen LogP contribution in [0, 0.1) is 6.92 Å². The first-order valence-electron chi connectivity index (χ1n) is 9.49. The number of carbonyl (C=O) groups is 1. The third kappa shape index (κ3) is 4.43. The fourth-order valence-corrected chi connectivity index (χ4v) is 3.75. The van der Waals surface area contributed by atoms with Crippen molar-refractivity contribution in [1.82, 2.24) is 10.2 Å². The topological polar surface area (TPSA) is 64.1 Å². The SMILES string of the molecule is CC[C@H](Oc1ccc2ccccc2c1)C(=O)Nc1nnc(-c2ccc(C)cc2)s1. The van der Waals surface area contributed by atoms with Crippen LogP contribution in [0.3, 0.4) is 0 Å². The molecule has 0 spiro atoms. The van der Waals surface area contributed by atoms with Gasteiger partial charge in [0.1, 0.15) is 10.8 Å². The van der Waals surface area contributed by atoms with Gasteiger partial charge >= 0.3 is 0 Å². The van der Waals surface area contributed by atoms with Crippen LogP contribution in [-0.4, -0.2) is 22.2 Å². The summed E-state index contributed by atoms with van der Waals surface area (Å²) in [5.74, 6) is 0.440. The van der Waals surface area contributed by atoms with Gasteiger partial charge in [0.15, 0.2) is 6.10 Å². The average molecular weight is 404 g/mol. The van der Waals surface area contributed by atoms with Gasteiger partial charge in [-0.15, -0.1) is 10.2 Å². The zero-order valence-corrected chi connectivity index (χ0v) is 17.1. The first-order valence-corrected chi connectivity index (χ1v) is 10.3. The van der Waals surface area contributed by atoms with E-state index >= 15 is 0 Å². The molecule has 146 valence electrons. The zero-order valence-electron chi connectivity index (χ0n) is 16.3. The van der Waals surface area contributed by atoms with Crippen LogP contribution in [0.5, 0.6) is 5.75 Å². The molecule has 0 aliphatic rings. The largest absolute Gasteiger partial charge is 0.481 e. The Bertz CT molecular complexity index is 1140. The molecule has 0 aliphatic carbocycles. The number of nitrogens with zero attached hydrogens (tertiary/aromatic N) is 2. The zero-order chi connectivity index (χ0) is 20.2. The smallest absolute Gasteiger partial charge is 0.267 e. The lowest BCUT2D eigenvalue weighted by Gasteiger charge is -2.16. The molecule has 0 radical (unpaired) electrons. The van der Waals surface area contributed by atoms with E-state index in [4.69, 9.17) is 4.74 Å². The second-order valence-electron chi connectivity index (χ2n) is 6.79. The number of fused-ring (bicyclic) bond motifs is 1. The van der Waals surface area contributed by atoms with Crippen LogP contribution in [0.1, 0.15) is 18.9 Å². The molecule has 1 atom stereocenters. The quantitative estimate of drug-likeness (QED) is 0.464. The van der Waals surface area contributed by atoms with Gasteiger partial charge in [-0.3, -0.25) is 10.1 Å². The number of rotatable bonds is 6. The van der Waals surface area contributed by atoms with Crippen LogP contribution < -0.4 is 10.1 Å². The Balaban J connectivity index is 1.45. The lowest BCUT2D eigenvalue weighted by atomic mass is 10.1. The number of aromatic nitrogens is 2. The van der Waals surface area contributed by atoms with Crippen LogP contribution in [-0.2, 0) is 4.79 Å². The molecular weight excluding hydrogens is 382 g/mol. The standard InChI is InChI=1S/C23H21N3O2S/c1-3-20(28-19-13-12-16-6-4-5-7-18(16)14-19)21(27)24-23-26-25-22(29-23)17-10-8-15(2)9-11-17/h4-14,20H,3H2,1-2H3,(H,24,26,27)/t20-/m0/s1. The summed E-state index contributed by atoms with van der Waals surface area (Å²) in [4.78, 5) is 12.7. The molecule has 1 N–H and O–H groups in total. The van der Waals surface area contributed by atoms with Crippen LogP contribution in [0.4, 0.5) is 5.13 Å². The van der Waals surface area contributed by atoms with E-state index in [0.29, 0.717) is 17.3 Å². The van der Waals surface area contributed by atoms with Crippen LogP contribution >= 0.6 is 11.3 Å². The lowest BCUT2D eigenvalue weighted by Crippen LogP contribution is -2.32. The van der Waals surface area contributed by atoms with E-state index in [1.54, 1.807) is 0 Å². The van der Waals surface area contributed by atoms with Crippen LogP contribution in [0.25, 0.3) is 21.3 Å². The second kappa shape index (κ2) is 8.41. The van der Waals surface area contributed by atoms with Gasteiger partial charge in [0.05, 0.1) is 0 Å². The summed E-state index contributed by atoms with van der Waals surface area (Å²) in [7, 11) is 0. The van der Waals surface area contributed by atoms with Crippen LogP contribution in [0.15, 0.2) is 66.7 Å². The second-order valence-corrected chi connectivity index (χ2v) is 7.77. The predicted octanol–water partition coefficient (Wildman–Crippen LogP) is 5.46. The number of hydrogen-bond acceptors (Lipinski definition) is 5. The number of hydrogen-bond donors (Lipinski definition) is 1. The monoisotopic (exact) mass is 403 g/mol. The van der Waals surface area contributed by atoms with Gasteiger partial charge in [-0.25, -0.2) is 0 Å². The fraction of sp³-hybridized carbons (Fsp3) is 0.174. The molecular formula is C23H21N3O2S. The first-order chi connectivity index (χ1) is 14.1. The van der Waals surface area contributed by atoms with Gasteiger partial charge in [0, 0.05) is 5.56 Å². The molecule has 0 bridgehead atoms. The van der Waals surface area contributed by atoms with Gasteiger partial charge in [0.2, 0.25) is 5.13 Å². The summed E-state index contributed by atoms with van der Waals surface area (Å²) in [6, 6.07) is 21.9. The summed E-state index contributed by atoms with van der Waals surface area (Å²) in [5.41, 5.74) is 2.16. The molecule has 5 nitrogen and oxygen atoms in total. The molecule has 0 unspecified atom stereocenters. The van der Waals surface area contributed by atoms with E-state index in [1.807, 2.05) is 80.6 Å². The summed E-state index contributed by atoms with van der Waals surface area (Å²) < 4.78 is 5.95. The van der Waals surface area contributed by atoms with Crippen molar-refractivity contribution in [2.75, 3.05) is 5.32 Å². The molecule has 4 rings (SSSR count). The molecule has 0 aliphatic heterocycles. The van der Waals surface area contributed by atoms with E-state index in [0.717, 1.165) is 21.3 Å². The molecule has 1 heterocycles. The number of benzene rings is 3. The van der Waals surface area contributed by atoms with Crippen molar-refractivity contribution in [3.63, 3.8) is 0 Å². The fourth-order valence-electron chi connectivity index (χ4n) is 3.00. The summed E-state index contributed by atoms with van der Waals surface area (Å²) in [6.07, 6.45) is -0.0645. The Morgan fingerprint density at radius 2 is 1.79 bits per heavy atom. The van der Waals surface area contributed by atoms with Crippen molar-refractivity contribution in [2.24, 2.45) is 0 Å². The Labute approximate surface area is 173 Å². The minimum atomic E-state index is -0.608. The Hall–Kier alpha value is -3.25. The Morgan fingerprint density at radius 3 is 2.55 bits per heavy atom. The van der Waals surface area contributed by atoms with E-state index in [9.17, 15) is 4.79 Å². The van der Waals surface area contributed by atoms with Gasteiger partial charge in [0.25, 0.3) is 5.91 Å². The number of ether oxygens (including phenoxy) is 1. The molecule has 1 aromatic heterocycles. The molecule has 3 aromatic carbocycles. The summed E-state index contributed by atoms with van der Waals surface area (Å²) >= 11 is 1.35. The van der Waals surface area contributed by atoms with Gasteiger partial charge in [-0.05, 0) is 36.2 Å². The minimum Gasteiger partial charge on any atom is -0.481 e. The van der Waals surface area contributed by atoms with Crippen molar-refractivity contribution in [3.05, 3.63) is 72.3 Å². The molecule has 0 saturated heterocycles. The van der Waals surface area contributed by atoms with Crippen molar-refractivity contribution in [3.8, 4) is 16.3 Å². The summed E-state index contributed by atoms with van der Waals surface area (Å²) in [5, 5.41) is 14.6. The van der Waals surface area contributed by atoms with E-state index in [-0.39, 0.29) is 5.91 Å². The van der Waals surface area contributed by atoms with E-state index < -0.39 is 6.10 Å². The highest BCUT2D eigenvalue weighted by atomic mass is 32.1. The van der Waals surface area contributed by atoms with Crippen molar-refractivity contribution < 1.29 is 9.53 Å². The van der Waals surface area contributed by atoms with Gasteiger partial charge < -0.3 is 4.74 Å². The van der Waals surface area contributed by atoms with E-state index in [1.165, 1.54) is 16.9 Å². The maximum absolute atomic E-state index is 12.7. The summed E-state index contributed by atoms with van der Waals surface area (Å²) in [6.45, 7) is 3.96. The first kappa shape index (κ1) is 19.1. The molecule has 29 heavy (non-hydrogen) atoms. The number of nitrogens with one attached hydrogen (secondary N) is 1. The highest BCUT2D eigenvalue weighted by molar-refractivity contribution is 7.18. The molecule has 0 fully saturated rings. The number of aryl methyl sites for hydroxylation is 1. The predicted molar refractivity (Wildman–Crippen MR) is 117 cm³/mol. The van der Waals surface area contributed by atoms with Crippen LogP contribution in [0.2, 0.25) is 0 Å². The molecule has 4 aromatic rings. The number of anilines is 1. The molecule has 6 heteroatoms.